The van der Waals surface area contributed by atoms with Crippen LogP contribution in [0.5, 0.6) is 0 Å². The zero-order chi connectivity index (χ0) is 11.6. The van der Waals surface area contributed by atoms with Gasteiger partial charge in [-0.1, -0.05) is 0 Å². The van der Waals surface area contributed by atoms with Gasteiger partial charge in [-0.2, -0.15) is 5.26 Å². The maximum Gasteiger partial charge on any atom is 0.208 e. The first kappa shape index (κ1) is 11.2. The molecule has 0 saturated heterocycles. The topological polar surface area (TPSA) is 61.9 Å². The molecule has 0 aliphatic heterocycles. The molecular formula is C12H17N3O. The summed E-state index contributed by atoms with van der Waals surface area (Å²) in [5.41, 5.74) is 1.20. The Bertz CT molecular complexity index is 393. The van der Waals surface area contributed by atoms with Gasteiger partial charge in [-0.3, -0.25) is 0 Å². The van der Waals surface area contributed by atoms with Crippen LogP contribution in [-0.2, 0) is 6.54 Å². The predicted octanol–water partition coefficient (Wildman–Crippen LogP) is 2.07. The van der Waals surface area contributed by atoms with Crippen molar-refractivity contribution in [2.24, 2.45) is 5.41 Å². The van der Waals surface area contributed by atoms with Gasteiger partial charge >= 0.3 is 0 Å². The molecule has 0 spiro atoms. The zero-order valence-electron chi connectivity index (χ0n) is 9.84. The van der Waals surface area contributed by atoms with Gasteiger partial charge in [0.25, 0.3) is 0 Å². The minimum absolute atomic E-state index is 0.242. The van der Waals surface area contributed by atoms with Gasteiger partial charge in [0.15, 0.2) is 0 Å². The van der Waals surface area contributed by atoms with Gasteiger partial charge in [-0.05, 0) is 32.1 Å². The van der Waals surface area contributed by atoms with Crippen molar-refractivity contribution in [1.29, 1.82) is 5.26 Å². The molecule has 1 heterocycles. The third kappa shape index (κ3) is 2.42. The summed E-state index contributed by atoms with van der Waals surface area (Å²) in [5, 5.41) is 12.0. The monoisotopic (exact) mass is 219 g/mol. The van der Waals surface area contributed by atoms with Crippen molar-refractivity contribution in [2.45, 2.75) is 39.7 Å². The van der Waals surface area contributed by atoms with E-state index in [1.807, 2.05) is 13.8 Å². The van der Waals surface area contributed by atoms with E-state index in [1.165, 1.54) is 0 Å². The number of hydrogen-bond acceptors (Lipinski definition) is 4. The van der Waals surface area contributed by atoms with Crippen LogP contribution in [-0.4, -0.2) is 11.5 Å². The summed E-state index contributed by atoms with van der Waals surface area (Å²) < 4.78 is 5.47. The van der Waals surface area contributed by atoms with E-state index in [2.05, 4.69) is 16.4 Å². The molecule has 0 radical (unpaired) electrons. The minimum Gasteiger partial charge on any atom is -0.444 e. The van der Waals surface area contributed by atoms with Gasteiger partial charge in [-0.25, -0.2) is 4.98 Å². The molecule has 4 nitrogen and oxygen atoms in total. The Morgan fingerprint density at radius 3 is 2.75 bits per heavy atom. The number of nitrogens with zero attached hydrogens (tertiary/aromatic N) is 2. The number of rotatable bonds is 5. The average Bonchev–Trinajstić information content (AvgIpc) is 2.91. The minimum atomic E-state index is 0.242. The highest BCUT2D eigenvalue weighted by Gasteiger charge is 2.41. The van der Waals surface area contributed by atoms with Crippen molar-refractivity contribution in [1.82, 2.24) is 10.3 Å². The lowest BCUT2D eigenvalue weighted by Crippen LogP contribution is -2.23. The van der Waals surface area contributed by atoms with E-state index in [0.717, 1.165) is 36.7 Å². The van der Waals surface area contributed by atoms with E-state index in [4.69, 9.17) is 9.68 Å². The quantitative estimate of drug-likeness (QED) is 0.823. The first-order valence-electron chi connectivity index (χ1n) is 5.66. The first-order valence-corrected chi connectivity index (χ1v) is 5.66. The fourth-order valence-electron chi connectivity index (χ4n) is 1.81. The van der Waals surface area contributed by atoms with Crippen molar-refractivity contribution < 1.29 is 4.42 Å². The van der Waals surface area contributed by atoms with E-state index in [1.54, 1.807) is 0 Å². The second kappa shape index (κ2) is 4.26. The van der Waals surface area contributed by atoms with E-state index in [9.17, 15) is 0 Å². The molecule has 0 aromatic carbocycles. The Labute approximate surface area is 95.7 Å². The number of oxazole rings is 1. The van der Waals surface area contributed by atoms with Crippen LogP contribution >= 0.6 is 0 Å². The molecular weight excluding hydrogens is 202 g/mol. The highest BCUT2D eigenvalue weighted by molar-refractivity contribution is 5.05. The van der Waals surface area contributed by atoms with Crippen LogP contribution in [0.1, 0.15) is 36.6 Å². The summed E-state index contributed by atoms with van der Waals surface area (Å²) >= 11 is 0. The van der Waals surface area contributed by atoms with E-state index >= 15 is 0 Å². The summed E-state index contributed by atoms with van der Waals surface area (Å²) in [5.74, 6) is 1.62. The van der Waals surface area contributed by atoms with Crippen LogP contribution in [0.4, 0.5) is 0 Å². The largest absolute Gasteiger partial charge is 0.444 e. The van der Waals surface area contributed by atoms with Gasteiger partial charge in [0.1, 0.15) is 5.76 Å². The fraction of sp³-hybridized carbons (Fsp3) is 0.667. The number of hydrogen-bond donors (Lipinski definition) is 1. The van der Waals surface area contributed by atoms with Crippen LogP contribution in [0.3, 0.4) is 0 Å². The van der Waals surface area contributed by atoms with Gasteiger partial charge < -0.3 is 9.73 Å². The molecule has 1 aromatic heterocycles. The van der Waals surface area contributed by atoms with E-state index in [0.29, 0.717) is 13.0 Å². The maximum atomic E-state index is 8.69. The second-order valence-corrected chi connectivity index (χ2v) is 4.69. The Morgan fingerprint density at radius 2 is 2.25 bits per heavy atom. The SMILES string of the molecule is Cc1nc(CNCC2(CC#N)CC2)oc1C. The second-order valence-electron chi connectivity index (χ2n) is 4.69. The third-order valence-corrected chi connectivity index (χ3v) is 3.26. The van der Waals surface area contributed by atoms with Crippen LogP contribution in [0.2, 0.25) is 0 Å². The summed E-state index contributed by atoms with van der Waals surface area (Å²) in [6, 6.07) is 2.25. The molecule has 1 aromatic rings. The van der Waals surface area contributed by atoms with E-state index < -0.39 is 0 Å². The molecule has 1 N–H and O–H groups in total. The Kier molecular flexibility index (Phi) is 2.97. The summed E-state index contributed by atoms with van der Waals surface area (Å²) in [6.45, 7) is 5.41. The zero-order valence-corrected chi connectivity index (χ0v) is 9.84. The normalized spacial score (nSPS) is 17.1. The predicted molar refractivity (Wildman–Crippen MR) is 59.6 cm³/mol. The standard InChI is InChI=1S/C12H17N3O/c1-9-10(2)16-11(15-9)7-14-8-12(3-4-12)5-6-13/h14H,3-5,7-8H2,1-2H3. The molecule has 1 saturated carbocycles. The molecule has 0 amide bonds. The molecule has 1 aliphatic carbocycles. The summed E-state index contributed by atoms with van der Waals surface area (Å²) in [7, 11) is 0. The maximum absolute atomic E-state index is 8.69. The van der Waals surface area contributed by atoms with Gasteiger partial charge in [0, 0.05) is 13.0 Å². The molecule has 1 aliphatic rings. The fourth-order valence-corrected chi connectivity index (χ4v) is 1.81. The van der Waals surface area contributed by atoms with Crippen LogP contribution < -0.4 is 5.32 Å². The molecule has 0 unspecified atom stereocenters. The van der Waals surface area contributed by atoms with Gasteiger partial charge in [-0.15, -0.1) is 0 Å². The highest BCUT2D eigenvalue weighted by atomic mass is 16.4. The van der Waals surface area contributed by atoms with Crippen LogP contribution in [0.25, 0.3) is 0 Å². The highest BCUT2D eigenvalue weighted by Crippen LogP contribution is 2.47. The average molecular weight is 219 g/mol. The number of nitriles is 1. The lowest BCUT2D eigenvalue weighted by Gasteiger charge is -2.10. The first-order chi connectivity index (χ1) is 7.65. The smallest absolute Gasteiger partial charge is 0.208 e. The van der Waals surface area contributed by atoms with Gasteiger partial charge in [0.2, 0.25) is 5.89 Å². The lowest BCUT2D eigenvalue weighted by molar-refractivity contribution is 0.414. The Balaban J connectivity index is 1.78. The molecule has 2 rings (SSSR count). The summed E-state index contributed by atoms with van der Waals surface area (Å²) in [6.07, 6.45) is 2.98. The Hall–Kier alpha value is -1.34. The van der Waals surface area contributed by atoms with Crippen LogP contribution in [0.15, 0.2) is 4.42 Å². The molecule has 1 fully saturated rings. The van der Waals surface area contributed by atoms with Crippen molar-refractivity contribution in [3.05, 3.63) is 17.3 Å². The van der Waals surface area contributed by atoms with Crippen LogP contribution in [0, 0.1) is 30.6 Å². The van der Waals surface area contributed by atoms with Gasteiger partial charge in [0.05, 0.1) is 18.3 Å². The molecule has 16 heavy (non-hydrogen) atoms. The number of aromatic nitrogens is 1. The van der Waals surface area contributed by atoms with Crippen molar-refractivity contribution in [2.75, 3.05) is 6.54 Å². The molecule has 0 atom stereocenters. The molecule has 4 heteroatoms. The summed E-state index contributed by atoms with van der Waals surface area (Å²) in [4.78, 5) is 4.30. The Morgan fingerprint density at radius 1 is 1.50 bits per heavy atom. The van der Waals surface area contributed by atoms with Crippen molar-refractivity contribution in [3.63, 3.8) is 0 Å². The number of nitrogens with one attached hydrogen (secondary N) is 1. The third-order valence-electron chi connectivity index (χ3n) is 3.26. The van der Waals surface area contributed by atoms with E-state index in [-0.39, 0.29) is 5.41 Å². The molecule has 0 bridgehead atoms. The number of aryl methyl sites for hydroxylation is 2. The van der Waals surface area contributed by atoms with Crippen molar-refractivity contribution >= 4 is 0 Å². The van der Waals surface area contributed by atoms with Crippen molar-refractivity contribution in [3.8, 4) is 6.07 Å². The molecule has 86 valence electrons. The lowest BCUT2D eigenvalue weighted by atomic mass is 10.0.